The van der Waals surface area contributed by atoms with E-state index >= 15 is 0 Å². The number of benzene rings is 1. The number of rotatable bonds is 7. The third-order valence-electron chi connectivity index (χ3n) is 4.54. The monoisotopic (exact) mass is 400 g/mol. The third kappa shape index (κ3) is 5.26. The maximum Gasteiger partial charge on any atom is 0.338 e. The Balaban J connectivity index is 2.01. The lowest BCUT2D eigenvalue weighted by atomic mass is 9.98. The Morgan fingerprint density at radius 2 is 1.50 bits per heavy atom. The van der Waals surface area contributed by atoms with Crippen LogP contribution in [0.25, 0.3) is 24.3 Å². The number of nitrogens with two attached hydrogens (primary N) is 2. The fraction of sp³-hybridized carbons (Fsp3) is 0.125. The van der Waals surface area contributed by atoms with Crippen LogP contribution in [-0.4, -0.2) is 23.0 Å². The number of methoxy groups -OCH3 is 1. The van der Waals surface area contributed by atoms with E-state index in [4.69, 9.17) is 16.2 Å². The van der Waals surface area contributed by atoms with Crippen LogP contribution in [0.1, 0.15) is 44.0 Å². The Morgan fingerprint density at radius 1 is 0.900 bits per heavy atom. The molecule has 0 saturated carbocycles. The van der Waals surface area contributed by atoms with Crippen molar-refractivity contribution in [2.45, 2.75) is 13.1 Å². The van der Waals surface area contributed by atoms with Crippen LogP contribution in [0.5, 0.6) is 0 Å². The van der Waals surface area contributed by atoms with E-state index in [0.717, 1.165) is 33.6 Å². The molecule has 0 radical (unpaired) electrons. The molecule has 1 aromatic carbocycles. The van der Waals surface area contributed by atoms with Gasteiger partial charge in [0.15, 0.2) is 0 Å². The molecule has 2 heterocycles. The van der Waals surface area contributed by atoms with Crippen molar-refractivity contribution in [3.8, 4) is 0 Å². The quantitative estimate of drug-likeness (QED) is 0.588. The molecule has 0 aliphatic heterocycles. The fourth-order valence-electron chi connectivity index (χ4n) is 2.99. The van der Waals surface area contributed by atoms with Crippen molar-refractivity contribution >= 4 is 30.3 Å². The van der Waals surface area contributed by atoms with Gasteiger partial charge < -0.3 is 16.2 Å². The SMILES string of the molecule is COC(=O)c1cccc(/C=C/c2ccnc(CN)c2)c1/C=C/c1ccnc(CN)c1. The van der Waals surface area contributed by atoms with Crippen LogP contribution in [0, 0.1) is 0 Å². The van der Waals surface area contributed by atoms with Gasteiger partial charge in [0.2, 0.25) is 0 Å². The zero-order chi connectivity index (χ0) is 21.3. The first-order valence-corrected chi connectivity index (χ1v) is 9.52. The summed E-state index contributed by atoms with van der Waals surface area (Å²) in [6.45, 7) is 0.745. The van der Waals surface area contributed by atoms with Crippen LogP contribution in [-0.2, 0) is 17.8 Å². The number of carbonyl (C=O) groups is 1. The number of pyridine rings is 2. The van der Waals surface area contributed by atoms with Crippen molar-refractivity contribution in [1.82, 2.24) is 9.97 Å². The Morgan fingerprint density at radius 3 is 2.07 bits per heavy atom. The average Bonchev–Trinajstić information content (AvgIpc) is 2.81. The van der Waals surface area contributed by atoms with E-state index in [2.05, 4.69) is 9.97 Å². The van der Waals surface area contributed by atoms with E-state index in [1.54, 1.807) is 18.5 Å². The molecule has 0 aliphatic rings. The molecule has 6 heteroatoms. The van der Waals surface area contributed by atoms with E-state index in [0.29, 0.717) is 18.7 Å². The van der Waals surface area contributed by atoms with Crippen molar-refractivity contribution in [2.24, 2.45) is 11.5 Å². The molecule has 0 saturated heterocycles. The van der Waals surface area contributed by atoms with Crippen molar-refractivity contribution in [3.63, 3.8) is 0 Å². The highest BCUT2D eigenvalue weighted by Crippen LogP contribution is 2.22. The smallest absolute Gasteiger partial charge is 0.338 e. The Bertz CT molecular complexity index is 1090. The van der Waals surface area contributed by atoms with Gasteiger partial charge in [0.25, 0.3) is 0 Å². The standard InChI is InChI=1S/C24H24N4O2/c1-30-24(29)23-4-2-3-19(7-5-17-9-11-27-20(13-17)15-25)22(23)8-6-18-10-12-28-21(14-18)16-26/h2-14H,15-16,25-26H2,1H3/b7-5+,8-6+. The van der Waals surface area contributed by atoms with Gasteiger partial charge in [-0.25, -0.2) is 4.79 Å². The second-order valence-electron chi connectivity index (χ2n) is 6.54. The highest BCUT2D eigenvalue weighted by Gasteiger charge is 2.12. The minimum Gasteiger partial charge on any atom is -0.465 e. The van der Waals surface area contributed by atoms with Crippen LogP contribution in [0.4, 0.5) is 0 Å². The van der Waals surface area contributed by atoms with Gasteiger partial charge in [-0.15, -0.1) is 0 Å². The summed E-state index contributed by atoms with van der Waals surface area (Å²) in [4.78, 5) is 20.7. The van der Waals surface area contributed by atoms with Crippen LogP contribution < -0.4 is 11.5 Å². The molecule has 3 rings (SSSR count). The molecule has 0 bridgehead atoms. The van der Waals surface area contributed by atoms with Gasteiger partial charge in [0.1, 0.15) is 0 Å². The second kappa shape index (κ2) is 10.2. The van der Waals surface area contributed by atoms with Gasteiger partial charge >= 0.3 is 5.97 Å². The summed E-state index contributed by atoms with van der Waals surface area (Å²) in [6.07, 6.45) is 11.2. The molecule has 0 amide bonds. The lowest BCUT2D eigenvalue weighted by Crippen LogP contribution is -2.04. The van der Waals surface area contributed by atoms with Crippen molar-refractivity contribution in [3.05, 3.63) is 94.1 Å². The van der Waals surface area contributed by atoms with Gasteiger partial charge in [-0.2, -0.15) is 0 Å². The molecule has 0 atom stereocenters. The van der Waals surface area contributed by atoms with E-state index in [-0.39, 0.29) is 0 Å². The average molecular weight is 400 g/mol. The Kier molecular flexibility index (Phi) is 7.21. The van der Waals surface area contributed by atoms with Gasteiger partial charge in [-0.1, -0.05) is 36.4 Å². The van der Waals surface area contributed by atoms with Crippen molar-refractivity contribution in [2.75, 3.05) is 7.11 Å². The summed E-state index contributed by atoms with van der Waals surface area (Å²) in [5.41, 5.74) is 17.0. The van der Waals surface area contributed by atoms with Gasteiger partial charge in [-0.3, -0.25) is 9.97 Å². The first-order valence-electron chi connectivity index (χ1n) is 9.52. The van der Waals surface area contributed by atoms with Crippen LogP contribution in [0.3, 0.4) is 0 Å². The molecule has 0 aliphatic carbocycles. The molecule has 0 fully saturated rings. The van der Waals surface area contributed by atoms with E-state index < -0.39 is 5.97 Å². The lowest BCUT2D eigenvalue weighted by molar-refractivity contribution is 0.0600. The van der Waals surface area contributed by atoms with E-state index in [1.165, 1.54) is 7.11 Å². The molecular formula is C24H24N4O2. The number of aromatic nitrogens is 2. The van der Waals surface area contributed by atoms with Crippen LogP contribution in [0.2, 0.25) is 0 Å². The molecule has 4 N–H and O–H groups in total. The van der Waals surface area contributed by atoms with Gasteiger partial charge in [-0.05, 0) is 52.6 Å². The zero-order valence-electron chi connectivity index (χ0n) is 16.8. The third-order valence-corrected chi connectivity index (χ3v) is 4.54. The number of nitrogens with zero attached hydrogens (tertiary/aromatic N) is 2. The molecule has 0 unspecified atom stereocenters. The highest BCUT2D eigenvalue weighted by atomic mass is 16.5. The maximum absolute atomic E-state index is 12.3. The summed E-state index contributed by atoms with van der Waals surface area (Å²) in [7, 11) is 1.38. The summed E-state index contributed by atoms with van der Waals surface area (Å²) in [6, 6.07) is 13.2. The summed E-state index contributed by atoms with van der Waals surface area (Å²) >= 11 is 0. The highest BCUT2D eigenvalue weighted by molar-refractivity contribution is 5.97. The number of ether oxygens (including phenoxy) is 1. The van der Waals surface area contributed by atoms with Gasteiger partial charge in [0, 0.05) is 25.5 Å². The van der Waals surface area contributed by atoms with Crippen molar-refractivity contribution in [1.29, 1.82) is 0 Å². The molecule has 3 aromatic rings. The minimum atomic E-state index is -0.392. The normalized spacial score (nSPS) is 11.3. The number of esters is 1. The maximum atomic E-state index is 12.3. The first-order chi connectivity index (χ1) is 14.6. The van der Waals surface area contributed by atoms with Crippen molar-refractivity contribution < 1.29 is 9.53 Å². The predicted octanol–water partition coefficient (Wildman–Crippen LogP) is 3.52. The molecule has 2 aromatic heterocycles. The number of hydrogen-bond acceptors (Lipinski definition) is 6. The van der Waals surface area contributed by atoms with E-state index in [9.17, 15) is 4.79 Å². The van der Waals surface area contributed by atoms with Crippen LogP contribution >= 0.6 is 0 Å². The second-order valence-corrected chi connectivity index (χ2v) is 6.54. The van der Waals surface area contributed by atoms with E-state index in [1.807, 2.05) is 60.7 Å². The first kappa shape index (κ1) is 21.1. The molecule has 6 nitrogen and oxygen atoms in total. The van der Waals surface area contributed by atoms with Crippen LogP contribution in [0.15, 0.2) is 54.9 Å². The topological polar surface area (TPSA) is 104 Å². The predicted molar refractivity (Wildman–Crippen MR) is 120 cm³/mol. The molecule has 0 spiro atoms. The summed E-state index contributed by atoms with van der Waals surface area (Å²) in [5, 5.41) is 0. The zero-order valence-corrected chi connectivity index (χ0v) is 16.8. The minimum absolute atomic E-state index is 0.366. The largest absolute Gasteiger partial charge is 0.465 e. The Labute approximate surface area is 175 Å². The summed E-state index contributed by atoms with van der Waals surface area (Å²) in [5.74, 6) is -0.392. The lowest BCUT2D eigenvalue weighted by Gasteiger charge is -2.08. The number of hydrogen-bond donors (Lipinski definition) is 2. The molecular weight excluding hydrogens is 376 g/mol. The molecule has 30 heavy (non-hydrogen) atoms. The summed E-state index contributed by atoms with van der Waals surface area (Å²) < 4.78 is 4.97. The Hall–Kier alpha value is -3.61. The fourth-order valence-corrected chi connectivity index (χ4v) is 2.99. The molecule has 152 valence electrons. The van der Waals surface area contributed by atoms with Gasteiger partial charge in [0.05, 0.1) is 24.1 Å². The number of carbonyl (C=O) groups excluding carboxylic acids is 1.